The van der Waals surface area contributed by atoms with Gasteiger partial charge in [-0.3, -0.25) is 14.5 Å². The molecule has 4 heterocycles. The molecule has 0 aliphatic carbocycles. The molecule has 1 aromatic carbocycles. The van der Waals surface area contributed by atoms with E-state index in [1.165, 1.54) is 4.90 Å². The number of urea groups is 1. The highest BCUT2D eigenvalue weighted by molar-refractivity contribution is 6.02. The van der Waals surface area contributed by atoms with Gasteiger partial charge in [0.15, 0.2) is 11.5 Å². The number of hydrogen-bond donors (Lipinski definition) is 1. The summed E-state index contributed by atoms with van der Waals surface area (Å²) in [6.45, 7) is 0.193. The maximum absolute atomic E-state index is 12.9. The van der Waals surface area contributed by atoms with Crippen molar-refractivity contribution in [1.82, 2.24) is 9.80 Å². The van der Waals surface area contributed by atoms with Crippen molar-refractivity contribution in [3.8, 4) is 11.5 Å². The maximum Gasteiger partial charge on any atom is 0.322 e. The summed E-state index contributed by atoms with van der Waals surface area (Å²) in [6, 6.07) is 5.24. The number of imide groups is 1. The van der Waals surface area contributed by atoms with Gasteiger partial charge in [-0.15, -0.1) is 0 Å². The number of carbonyl (C=O) groups excluding carboxylic acids is 3. The monoisotopic (exact) mass is 371 g/mol. The standard InChI is InChI=1S/C19H21N3O5/c23-17-5-6-18(24)22(17)14-8-12-2-3-13(9-14)21(12)19(25)20-11-1-4-15-16(7-11)27-10-26-15/h1,4,7,12-14H,2-3,5-6,8-10H2,(H,20,25). The minimum atomic E-state index is -0.140. The predicted octanol–water partition coefficient (Wildman–Crippen LogP) is 2.09. The lowest BCUT2D eigenvalue weighted by Crippen LogP contribution is -2.54. The highest BCUT2D eigenvalue weighted by Gasteiger charge is 2.47. The Kier molecular flexibility index (Phi) is 3.73. The molecule has 3 saturated heterocycles. The molecule has 8 nitrogen and oxygen atoms in total. The van der Waals surface area contributed by atoms with Gasteiger partial charge >= 0.3 is 6.03 Å². The van der Waals surface area contributed by atoms with Gasteiger partial charge in [0.05, 0.1) is 0 Å². The van der Waals surface area contributed by atoms with Gasteiger partial charge < -0.3 is 19.7 Å². The van der Waals surface area contributed by atoms with Crippen LogP contribution in [0.5, 0.6) is 11.5 Å². The van der Waals surface area contributed by atoms with E-state index in [1.807, 2.05) is 4.90 Å². The van der Waals surface area contributed by atoms with E-state index < -0.39 is 0 Å². The van der Waals surface area contributed by atoms with Crippen LogP contribution < -0.4 is 14.8 Å². The molecule has 3 fully saturated rings. The minimum Gasteiger partial charge on any atom is -0.454 e. The summed E-state index contributed by atoms with van der Waals surface area (Å²) in [4.78, 5) is 40.3. The zero-order valence-electron chi connectivity index (χ0n) is 14.8. The molecule has 0 spiro atoms. The normalized spacial score (nSPS) is 28.8. The lowest BCUT2D eigenvalue weighted by atomic mass is 9.96. The second-order valence-electron chi connectivity index (χ2n) is 7.57. The smallest absolute Gasteiger partial charge is 0.322 e. The van der Waals surface area contributed by atoms with Crippen LogP contribution in [0.2, 0.25) is 0 Å². The van der Waals surface area contributed by atoms with E-state index in [0.29, 0.717) is 42.9 Å². The number of ether oxygens (including phenoxy) is 2. The van der Waals surface area contributed by atoms with E-state index in [2.05, 4.69) is 5.32 Å². The Bertz CT molecular complexity index is 796. The molecule has 0 radical (unpaired) electrons. The first-order valence-electron chi connectivity index (χ1n) is 9.44. The van der Waals surface area contributed by atoms with Gasteiger partial charge in [-0.05, 0) is 37.8 Å². The zero-order chi connectivity index (χ0) is 18.5. The maximum atomic E-state index is 12.9. The highest BCUT2D eigenvalue weighted by atomic mass is 16.7. The van der Waals surface area contributed by atoms with Gasteiger partial charge in [0.1, 0.15) is 0 Å². The average Bonchev–Trinajstić information content (AvgIpc) is 3.31. The van der Waals surface area contributed by atoms with Crippen molar-refractivity contribution in [3.63, 3.8) is 0 Å². The number of benzene rings is 1. The molecule has 4 aliphatic rings. The molecule has 2 unspecified atom stereocenters. The first-order valence-corrected chi connectivity index (χ1v) is 9.44. The van der Waals surface area contributed by atoms with Crippen molar-refractivity contribution in [3.05, 3.63) is 18.2 Å². The van der Waals surface area contributed by atoms with Crippen LogP contribution in [0, 0.1) is 0 Å². The fourth-order valence-electron chi connectivity index (χ4n) is 4.85. The number of likely N-dealkylation sites (tertiary alicyclic amines) is 1. The van der Waals surface area contributed by atoms with Crippen molar-refractivity contribution < 1.29 is 23.9 Å². The lowest BCUT2D eigenvalue weighted by molar-refractivity contribution is -0.142. The molecular formula is C19H21N3O5. The summed E-state index contributed by atoms with van der Waals surface area (Å²) in [6.07, 6.45) is 3.79. The largest absolute Gasteiger partial charge is 0.454 e. The average molecular weight is 371 g/mol. The van der Waals surface area contributed by atoms with E-state index in [4.69, 9.17) is 9.47 Å². The summed E-state index contributed by atoms with van der Waals surface area (Å²) in [7, 11) is 0. The summed E-state index contributed by atoms with van der Waals surface area (Å²) in [5.41, 5.74) is 0.663. The summed E-state index contributed by atoms with van der Waals surface area (Å²) in [5, 5.41) is 2.95. The minimum absolute atomic E-state index is 0.0592. The van der Waals surface area contributed by atoms with Crippen LogP contribution >= 0.6 is 0 Å². The molecule has 27 heavy (non-hydrogen) atoms. The molecular weight excluding hydrogens is 350 g/mol. The van der Waals surface area contributed by atoms with Gasteiger partial charge in [-0.2, -0.15) is 0 Å². The first-order chi connectivity index (χ1) is 13.1. The topological polar surface area (TPSA) is 88.2 Å². The molecule has 1 aromatic rings. The number of carbonyl (C=O) groups is 3. The summed E-state index contributed by atoms with van der Waals surface area (Å²) >= 11 is 0. The predicted molar refractivity (Wildman–Crippen MR) is 94.3 cm³/mol. The number of anilines is 1. The van der Waals surface area contributed by atoms with Crippen LogP contribution in [-0.4, -0.2) is 52.6 Å². The van der Waals surface area contributed by atoms with Gasteiger partial charge in [-0.25, -0.2) is 4.79 Å². The fraction of sp³-hybridized carbons (Fsp3) is 0.526. The van der Waals surface area contributed by atoms with Crippen molar-refractivity contribution in [1.29, 1.82) is 0 Å². The van der Waals surface area contributed by atoms with Crippen LogP contribution in [0.1, 0.15) is 38.5 Å². The number of nitrogens with zero attached hydrogens (tertiary/aromatic N) is 2. The Labute approximate surface area is 156 Å². The third kappa shape index (κ3) is 2.70. The van der Waals surface area contributed by atoms with Gasteiger partial charge in [0.2, 0.25) is 18.6 Å². The third-order valence-electron chi connectivity index (χ3n) is 6.02. The number of rotatable bonds is 2. The van der Waals surface area contributed by atoms with E-state index >= 15 is 0 Å². The number of nitrogens with one attached hydrogen (secondary N) is 1. The molecule has 4 amide bonds. The Morgan fingerprint density at radius 3 is 2.33 bits per heavy atom. The number of hydrogen-bond acceptors (Lipinski definition) is 5. The highest BCUT2D eigenvalue weighted by Crippen LogP contribution is 2.40. The van der Waals surface area contributed by atoms with Crippen molar-refractivity contribution in [2.75, 3.05) is 12.1 Å². The van der Waals surface area contributed by atoms with E-state index in [9.17, 15) is 14.4 Å². The summed E-state index contributed by atoms with van der Waals surface area (Å²) < 4.78 is 10.6. The zero-order valence-corrected chi connectivity index (χ0v) is 14.8. The van der Waals surface area contributed by atoms with Crippen LogP contribution in [0.3, 0.4) is 0 Å². The Hall–Kier alpha value is -2.77. The van der Waals surface area contributed by atoms with Crippen LogP contribution in [0.25, 0.3) is 0 Å². The molecule has 0 saturated carbocycles. The molecule has 2 bridgehead atoms. The summed E-state index contributed by atoms with van der Waals surface area (Å²) in [5.74, 6) is 1.17. The van der Waals surface area contributed by atoms with E-state index in [0.717, 1.165) is 12.8 Å². The number of piperidine rings is 1. The molecule has 0 aromatic heterocycles. The molecule has 1 N–H and O–H groups in total. The van der Waals surface area contributed by atoms with Gasteiger partial charge in [-0.1, -0.05) is 0 Å². The third-order valence-corrected chi connectivity index (χ3v) is 6.02. The molecule has 2 atom stereocenters. The number of amides is 4. The lowest BCUT2D eigenvalue weighted by Gasteiger charge is -2.41. The van der Waals surface area contributed by atoms with Crippen molar-refractivity contribution in [2.45, 2.75) is 56.7 Å². The van der Waals surface area contributed by atoms with Crippen molar-refractivity contribution in [2.24, 2.45) is 0 Å². The second-order valence-corrected chi connectivity index (χ2v) is 7.57. The fourth-order valence-corrected chi connectivity index (χ4v) is 4.85. The Morgan fingerprint density at radius 2 is 1.63 bits per heavy atom. The van der Waals surface area contributed by atoms with E-state index in [1.54, 1.807) is 18.2 Å². The Balaban J connectivity index is 1.28. The van der Waals surface area contributed by atoms with Gasteiger partial charge in [0, 0.05) is 42.7 Å². The van der Waals surface area contributed by atoms with Gasteiger partial charge in [0.25, 0.3) is 0 Å². The quantitative estimate of drug-likeness (QED) is 0.805. The van der Waals surface area contributed by atoms with Crippen molar-refractivity contribution >= 4 is 23.5 Å². The molecule has 142 valence electrons. The Morgan fingerprint density at radius 1 is 0.963 bits per heavy atom. The molecule has 5 rings (SSSR count). The van der Waals surface area contributed by atoms with Crippen LogP contribution in [0.15, 0.2) is 18.2 Å². The molecule has 4 aliphatic heterocycles. The SMILES string of the molecule is O=C1CCC(=O)N1C1CC2CCC(C1)N2C(=O)Nc1ccc2c(c1)OCO2. The molecule has 8 heteroatoms. The van der Waals surface area contributed by atoms with Crippen LogP contribution in [0.4, 0.5) is 10.5 Å². The number of fused-ring (bicyclic) bond motifs is 3. The van der Waals surface area contributed by atoms with Crippen LogP contribution in [-0.2, 0) is 9.59 Å². The first kappa shape index (κ1) is 16.4. The second kappa shape index (κ2) is 6.14. The van der Waals surface area contributed by atoms with E-state index in [-0.39, 0.29) is 42.8 Å².